The molecular weight excluding hydrogens is 693 g/mol. The van der Waals surface area contributed by atoms with E-state index in [4.69, 9.17) is 14.2 Å². The Morgan fingerprint density at radius 3 is 1.34 bits per heavy atom. The number of unbranched alkanes of at least 4 members (excludes halogenated alkanes) is 13. The molecule has 0 aromatic carbocycles. The van der Waals surface area contributed by atoms with Gasteiger partial charge in [0.15, 0.2) is 6.10 Å². The molecule has 0 N–H and O–H groups in total. The van der Waals surface area contributed by atoms with Gasteiger partial charge in [0, 0.05) is 19.4 Å². The summed E-state index contributed by atoms with van der Waals surface area (Å²) in [4.78, 5) is 25.2. The summed E-state index contributed by atoms with van der Waals surface area (Å²) in [5, 5.41) is 0. The Hall–Kier alpha value is -3.18. The van der Waals surface area contributed by atoms with E-state index in [0.29, 0.717) is 19.4 Å². The molecule has 0 aliphatic rings. The molecule has 0 aliphatic heterocycles. The lowest BCUT2D eigenvalue weighted by atomic mass is 10.1. The van der Waals surface area contributed by atoms with Crippen molar-refractivity contribution in [2.45, 2.75) is 194 Å². The molecule has 0 spiro atoms. The second-order valence-corrected chi connectivity index (χ2v) is 14.5. The normalized spacial score (nSPS) is 13.1. The molecule has 0 aliphatic carbocycles. The lowest BCUT2D eigenvalue weighted by molar-refractivity contribution is -0.163. The summed E-state index contributed by atoms with van der Waals surface area (Å²) in [7, 11) is 0. The fraction of sp³-hybridized carbons (Fsp3) is 0.647. The highest BCUT2D eigenvalue weighted by atomic mass is 16.6. The van der Waals surface area contributed by atoms with Crippen LogP contribution < -0.4 is 0 Å². The molecule has 0 saturated carbocycles. The predicted molar refractivity (Wildman–Crippen MR) is 242 cm³/mol. The van der Waals surface area contributed by atoms with Crippen LogP contribution in [0.5, 0.6) is 0 Å². The van der Waals surface area contributed by atoms with E-state index >= 15 is 0 Å². The monoisotopic (exact) mass is 777 g/mol. The van der Waals surface area contributed by atoms with Gasteiger partial charge in [-0.05, 0) is 89.9 Å². The van der Waals surface area contributed by atoms with Gasteiger partial charge in [0.2, 0.25) is 0 Å². The topological polar surface area (TPSA) is 61.8 Å². The minimum atomic E-state index is -0.564. The first kappa shape index (κ1) is 52.8. The fourth-order valence-corrected chi connectivity index (χ4v) is 5.79. The van der Waals surface area contributed by atoms with E-state index in [1.807, 2.05) is 0 Å². The molecule has 0 rings (SSSR count). The molecule has 0 bridgehead atoms. The molecule has 318 valence electrons. The summed E-state index contributed by atoms with van der Waals surface area (Å²) < 4.78 is 17.2. The van der Waals surface area contributed by atoms with Crippen molar-refractivity contribution in [2.75, 3.05) is 19.8 Å². The molecule has 5 nitrogen and oxygen atoms in total. The van der Waals surface area contributed by atoms with Crippen LogP contribution in [0.4, 0.5) is 0 Å². The van der Waals surface area contributed by atoms with E-state index < -0.39 is 6.10 Å². The van der Waals surface area contributed by atoms with E-state index in [2.05, 4.69) is 118 Å². The quantitative estimate of drug-likeness (QED) is 0.0352. The van der Waals surface area contributed by atoms with Crippen LogP contribution in [0.1, 0.15) is 188 Å². The van der Waals surface area contributed by atoms with Gasteiger partial charge < -0.3 is 14.2 Å². The Bertz CT molecular complexity index is 1110. The van der Waals surface area contributed by atoms with Crippen LogP contribution in [0.2, 0.25) is 0 Å². The van der Waals surface area contributed by atoms with Gasteiger partial charge in [-0.15, -0.1) is 0 Å². The van der Waals surface area contributed by atoms with Crippen molar-refractivity contribution in [1.82, 2.24) is 0 Å². The van der Waals surface area contributed by atoms with Gasteiger partial charge in [-0.1, -0.05) is 182 Å². The van der Waals surface area contributed by atoms with Gasteiger partial charge in [0.25, 0.3) is 0 Å². The summed E-state index contributed by atoms with van der Waals surface area (Å²) >= 11 is 0. The average molecular weight is 777 g/mol. The Morgan fingerprint density at radius 1 is 0.411 bits per heavy atom. The third-order valence-electron chi connectivity index (χ3n) is 9.12. The minimum absolute atomic E-state index is 0.0469. The minimum Gasteiger partial charge on any atom is -0.462 e. The molecule has 1 unspecified atom stereocenters. The van der Waals surface area contributed by atoms with Crippen molar-refractivity contribution in [1.29, 1.82) is 0 Å². The smallest absolute Gasteiger partial charge is 0.306 e. The number of carbonyl (C=O) groups excluding carboxylic acids is 2. The molecule has 0 aromatic rings. The maximum atomic E-state index is 12.7. The molecule has 0 amide bonds. The third kappa shape index (κ3) is 43.5. The Morgan fingerprint density at radius 2 is 0.821 bits per heavy atom. The molecule has 0 heterocycles. The molecular formula is C51H84O5. The summed E-state index contributed by atoms with van der Waals surface area (Å²) in [6.45, 7) is 7.47. The second kappa shape index (κ2) is 46.2. The van der Waals surface area contributed by atoms with Gasteiger partial charge >= 0.3 is 11.9 Å². The maximum absolute atomic E-state index is 12.7. The summed E-state index contributed by atoms with van der Waals surface area (Å²) in [5.41, 5.74) is 0. The molecule has 0 radical (unpaired) electrons. The Kier molecular flexibility index (Phi) is 43.6. The molecule has 1 atom stereocenters. The largest absolute Gasteiger partial charge is 0.462 e. The number of ether oxygens (including phenoxy) is 3. The average Bonchev–Trinajstić information content (AvgIpc) is 3.20. The van der Waals surface area contributed by atoms with Gasteiger partial charge in [0.05, 0.1) is 6.61 Å². The van der Waals surface area contributed by atoms with Gasteiger partial charge in [0.1, 0.15) is 6.61 Å². The second-order valence-electron chi connectivity index (χ2n) is 14.5. The number of carbonyl (C=O) groups is 2. The van der Waals surface area contributed by atoms with Crippen LogP contribution in [0, 0.1) is 0 Å². The lowest BCUT2D eigenvalue weighted by Gasteiger charge is -2.18. The van der Waals surface area contributed by atoms with Crippen LogP contribution in [0.15, 0.2) is 97.2 Å². The number of hydrogen-bond donors (Lipinski definition) is 0. The molecule has 0 saturated heterocycles. The zero-order valence-corrected chi connectivity index (χ0v) is 36.4. The summed E-state index contributed by atoms with van der Waals surface area (Å²) in [6.07, 6.45) is 61.4. The summed E-state index contributed by atoms with van der Waals surface area (Å²) in [5.74, 6) is -0.486. The first-order chi connectivity index (χ1) is 27.6. The first-order valence-corrected chi connectivity index (χ1v) is 22.8. The van der Waals surface area contributed by atoms with Crippen molar-refractivity contribution in [3.63, 3.8) is 0 Å². The molecule has 0 aromatic heterocycles. The number of rotatable bonds is 40. The fourth-order valence-electron chi connectivity index (χ4n) is 5.79. The van der Waals surface area contributed by atoms with Gasteiger partial charge in [-0.2, -0.15) is 0 Å². The van der Waals surface area contributed by atoms with E-state index in [9.17, 15) is 9.59 Å². The molecule has 5 heteroatoms. The number of hydrogen-bond acceptors (Lipinski definition) is 5. The maximum Gasteiger partial charge on any atom is 0.306 e. The molecule has 0 fully saturated rings. The van der Waals surface area contributed by atoms with Crippen LogP contribution >= 0.6 is 0 Å². The summed E-state index contributed by atoms with van der Waals surface area (Å²) in [6, 6.07) is 0. The van der Waals surface area contributed by atoms with E-state index in [0.717, 1.165) is 103 Å². The lowest BCUT2D eigenvalue weighted by Crippen LogP contribution is -2.30. The van der Waals surface area contributed by atoms with E-state index in [1.165, 1.54) is 51.4 Å². The SMILES string of the molecule is CC/C=C\C/C=C\C/C=C\C/C=C\C/C=C\CCCC(=O)OCC(COCCCCCCCC)OC(=O)CCCCCCCCC/C=C\C/C=C\C/C=C\CC. The van der Waals surface area contributed by atoms with Crippen LogP contribution in [-0.4, -0.2) is 37.9 Å². The van der Waals surface area contributed by atoms with Crippen molar-refractivity contribution in [2.24, 2.45) is 0 Å². The zero-order chi connectivity index (χ0) is 40.7. The van der Waals surface area contributed by atoms with Crippen LogP contribution in [0.3, 0.4) is 0 Å². The Balaban J connectivity index is 4.25. The predicted octanol–water partition coefficient (Wildman–Crippen LogP) is 15.1. The van der Waals surface area contributed by atoms with Crippen molar-refractivity contribution in [3.05, 3.63) is 97.2 Å². The Labute approximate surface area is 345 Å². The van der Waals surface area contributed by atoms with Crippen molar-refractivity contribution >= 4 is 11.9 Å². The number of allylic oxidation sites excluding steroid dienone is 16. The van der Waals surface area contributed by atoms with E-state index in [-0.39, 0.29) is 25.2 Å². The third-order valence-corrected chi connectivity index (χ3v) is 9.12. The highest BCUT2D eigenvalue weighted by molar-refractivity contribution is 5.70. The highest BCUT2D eigenvalue weighted by Crippen LogP contribution is 2.12. The van der Waals surface area contributed by atoms with Crippen LogP contribution in [-0.2, 0) is 23.8 Å². The van der Waals surface area contributed by atoms with Crippen LogP contribution in [0.25, 0.3) is 0 Å². The van der Waals surface area contributed by atoms with Gasteiger partial charge in [-0.3, -0.25) is 9.59 Å². The van der Waals surface area contributed by atoms with Crippen molar-refractivity contribution in [3.8, 4) is 0 Å². The van der Waals surface area contributed by atoms with Crippen molar-refractivity contribution < 1.29 is 23.8 Å². The zero-order valence-electron chi connectivity index (χ0n) is 36.4. The first-order valence-electron chi connectivity index (χ1n) is 22.8. The molecule has 56 heavy (non-hydrogen) atoms. The standard InChI is InChI=1S/C51H84O5/c1-4-7-10-13-16-18-20-22-24-26-28-30-32-34-36-38-41-44-50(52)55-48-49(47-54-46-43-40-15-12-9-6-3)56-51(53)45-42-39-37-35-33-31-29-27-25-23-21-19-17-14-11-8-5-2/h7-8,10-11,16-19,22-25,28,30,34,36,49H,4-6,9,12-15,20-21,26-27,29,31-33,35,37-48H2,1-3H3/b10-7-,11-8-,18-16-,19-17-,24-22-,25-23-,30-28-,36-34-. The van der Waals surface area contributed by atoms with Gasteiger partial charge in [-0.25, -0.2) is 0 Å². The number of esters is 2. The highest BCUT2D eigenvalue weighted by Gasteiger charge is 2.17. The van der Waals surface area contributed by atoms with E-state index in [1.54, 1.807) is 0 Å².